The third kappa shape index (κ3) is 3.71. The number of aromatic nitrogens is 1. The first-order valence-corrected chi connectivity index (χ1v) is 7.60. The average molecular weight is 286 g/mol. The van der Waals surface area contributed by atoms with Crippen LogP contribution in [-0.2, 0) is 4.74 Å². The Morgan fingerprint density at radius 2 is 2.29 bits per heavy atom. The lowest BCUT2D eigenvalue weighted by atomic mass is 10.1. The lowest BCUT2D eigenvalue weighted by Gasteiger charge is -2.11. The van der Waals surface area contributed by atoms with Gasteiger partial charge in [0.25, 0.3) is 0 Å². The topological polar surface area (TPSA) is 43.4 Å². The summed E-state index contributed by atoms with van der Waals surface area (Å²) in [7, 11) is 0. The molecule has 3 rings (SSSR count). The molecule has 4 nitrogen and oxygen atoms in total. The molecule has 2 heterocycles. The molecular formula is C17H22N2O2. The number of ether oxygens (including phenoxy) is 2. The Labute approximate surface area is 125 Å². The largest absolute Gasteiger partial charge is 0.490 e. The molecule has 2 aromatic rings. The zero-order valence-electron chi connectivity index (χ0n) is 12.5. The van der Waals surface area contributed by atoms with Crippen molar-refractivity contribution in [2.24, 2.45) is 5.92 Å². The quantitative estimate of drug-likeness (QED) is 0.829. The molecule has 1 aliphatic rings. The number of rotatable bonds is 6. The van der Waals surface area contributed by atoms with Gasteiger partial charge in [0.1, 0.15) is 17.9 Å². The summed E-state index contributed by atoms with van der Waals surface area (Å²) in [6.07, 6.45) is 1.17. The van der Waals surface area contributed by atoms with Gasteiger partial charge >= 0.3 is 0 Å². The van der Waals surface area contributed by atoms with Gasteiger partial charge in [-0.25, -0.2) is 4.98 Å². The van der Waals surface area contributed by atoms with E-state index in [2.05, 4.69) is 22.4 Å². The number of benzene rings is 1. The Morgan fingerprint density at radius 3 is 3.14 bits per heavy atom. The van der Waals surface area contributed by atoms with Crippen LogP contribution < -0.4 is 10.1 Å². The zero-order valence-corrected chi connectivity index (χ0v) is 12.5. The number of nitrogens with one attached hydrogen (secondary N) is 1. The summed E-state index contributed by atoms with van der Waals surface area (Å²) in [6.45, 7) is 6.31. The summed E-state index contributed by atoms with van der Waals surface area (Å²) in [6, 6.07) is 10.2. The summed E-state index contributed by atoms with van der Waals surface area (Å²) < 4.78 is 11.2. The first-order valence-electron chi connectivity index (χ1n) is 7.60. The van der Waals surface area contributed by atoms with Crippen LogP contribution >= 0.6 is 0 Å². The summed E-state index contributed by atoms with van der Waals surface area (Å²) in [4.78, 5) is 4.58. The predicted molar refractivity (Wildman–Crippen MR) is 83.8 cm³/mol. The molecule has 1 aliphatic heterocycles. The molecule has 4 heteroatoms. The fourth-order valence-electron chi connectivity index (χ4n) is 2.62. The van der Waals surface area contributed by atoms with Gasteiger partial charge in [-0.3, -0.25) is 0 Å². The molecular weight excluding hydrogens is 264 g/mol. The highest BCUT2D eigenvalue weighted by Gasteiger charge is 2.14. The molecule has 1 atom stereocenters. The van der Waals surface area contributed by atoms with Crippen molar-refractivity contribution in [1.29, 1.82) is 0 Å². The van der Waals surface area contributed by atoms with Gasteiger partial charge in [0.05, 0.1) is 6.61 Å². The van der Waals surface area contributed by atoms with E-state index in [0.717, 1.165) is 48.6 Å². The molecule has 21 heavy (non-hydrogen) atoms. The summed E-state index contributed by atoms with van der Waals surface area (Å²) in [5, 5.41) is 4.55. The van der Waals surface area contributed by atoms with E-state index < -0.39 is 0 Å². The lowest BCUT2D eigenvalue weighted by molar-refractivity contribution is 0.185. The fraction of sp³-hybridized carbons (Fsp3) is 0.471. The maximum Gasteiger partial charge on any atom is 0.145 e. The van der Waals surface area contributed by atoms with Gasteiger partial charge in [0, 0.05) is 30.8 Å². The number of nitrogens with zero attached hydrogens (tertiary/aromatic N) is 1. The van der Waals surface area contributed by atoms with Crippen LogP contribution in [0.3, 0.4) is 0 Å². The predicted octanol–water partition coefficient (Wildman–Crippen LogP) is 2.55. The van der Waals surface area contributed by atoms with Gasteiger partial charge in [0.2, 0.25) is 0 Å². The van der Waals surface area contributed by atoms with Gasteiger partial charge in [-0.1, -0.05) is 18.2 Å². The SMILES string of the molecule is Cc1ccc2cccc(OCCNCC3CCOC3)c2n1. The van der Waals surface area contributed by atoms with E-state index in [4.69, 9.17) is 9.47 Å². The maximum atomic E-state index is 5.88. The van der Waals surface area contributed by atoms with Crippen LogP contribution in [0.4, 0.5) is 0 Å². The molecule has 0 radical (unpaired) electrons. The molecule has 0 amide bonds. The molecule has 112 valence electrons. The highest BCUT2D eigenvalue weighted by Crippen LogP contribution is 2.23. The number of hydrogen-bond donors (Lipinski definition) is 1. The molecule has 0 spiro atoms. The Balaban J connectivity index is 1.51. The lowest BCUT2D eigenvalue weighted by Crippen LogP contribution is -2.27. The summed E-state index contributed by atoms with van der Waals surface area (Å²) in [5.74, 6) is 1.52. The highest BCUT2D eigenvalue weighted by atomic mass is 16.5. The van der Waals surface area contributed by atoms with E-state index in [1.54, 1.807) is 0 Å². The second-order valence-electron chi connectivity index (χ2n) is 5.56. The molecule has 0 aliphatic carbocycles. The first-order chi connectivity index (χ1) is 10.3. The van der Waals surface area contributed by atoms with Crippen LogP contribution in [0.25, 0.3) is 10.9 Å². The number of para-hydroxylation sites is 1. The van der Waals surface area contributed by atoms with Crippen LogP contribution in [0, 0.1) is 12.8 Å². The minimum atomic E-state index is 0.655. The third-order valence-corrected chi connectivity index (χ3v) is 3.82. The molecule has 1 unspecified atom stereocenters. The number of fused-ring (bicyclic) bond motifs is 1. The number of aryl methyl sites for hydroxylation is 1. The van der Waals surface area contributed by atoms with Crippen LogP contribution in [0.2, 0.25) is 0 Å². The monoisotopic (exact) mass is 286 g/mol. The van der Waals surface area contributed by atoms with Crippen molar-refractivity contribution in [3.63, 3.8) is 0 Å². The Hall–Kier alpha value is -1.65. The normalized spacial score (nSPS) is 18.2. The van der Waals surface area contributed by atoms with Crippen molar-refractivity contribution in [3.8, 4) is 5.75 Å². The first kappa shape index (κ1) is 14.3. The average Bonchev–Trinajstić information content (AvgIpc) is 3.00. The molecule has 0 saturated carbocycles. The molecule has 1 N–H and O–H groups in total. The standard InChI is InChI=1S/C17H22N2O2/c1-13-5-6-15-3-2-4-16(17(15)19-13)21-10-8-18-11-14-7-9-20-12-14/h2-6,14,18H,7-12H2,1H3. The van der Waals surface area contributed by atoms with Crippen LogP contribution in [0.5, 0.6) is 5.75 Å². The van der Waals surface area contributed by atoms with Gasteiger partial charge in [-0.2, -0.15) is 0 Å². The van der Waals surface area contributed by atoms with E-state index in [1.807, 2.05) is 25.1 Å². The van der Waals surface area contributed by atoms with E-state index in [0.29, 0.717) is 12.5 Å². The summed E-state index contributed by atoms with van der Waals surface area (Å²) >= 11 is 0. The molecule has 1 aromatic heterocycles. The second-order valence-corrected chi connectivity index (χ2v) is 5.56. The van der Waals surface area contributed by atoms with Gasteiger partial charge in [-0.15, -0.1) is 0 Å². The second kappa shape index (κ2) is 6.87. The Kier molecular flexibility index (Phi) is 4.68. The van der Waals surface area contributed by atoms with Crippen LogP contribution in [0.15, 0.2) is 30.3 Å². The van der Waals surface area contributed by atoms with Gasteiger partial charge in [0.15, 0.2) is 0 Å². The number of hydrogen-bond acceptors (Lipinski definition) is 4. The minimum Gasteiger partial charge on any atom is -0.490 e. The van der Waals surface area contributed by atoms with E-state index in [-0.39, 0.29) is 0 Å². The Morgan fingerprint density at radius 1 is 1.33 bits per heavy atom. The third-order valence-electron chi connectivity index (χ3n) is 3.82. The molecule has 1 fully saturated rings. The fourth-order valence-corrected chi connectivity index (χ4v) is 2.62. The van der Waals surface area contributed by atoms with Gasteiger partial charge < -0.3 is 14.8 Å². The molecule has 0 bridgehead atoms. The molecule has 1 saturated heterocycles. The van der Waals surface area contributed by atoms with Crippen molar-refractivity contribution in [1.82, 2.24) is 10.3 Å². The maximum absolute atomic E-state index is 5.88. The Bertz CT molecular complexity index is 594. The molecule has 1 aromatic carbocycles. The van der Waals surface area contributed by atoms with Crippen LogP contribution in [0.1, 0.15) is 12.1 Å². The van der Waals surface area contributed by atoms with Gasteiger partial charge in [-0.05, 0) is 31.4 Å². The van der Waals surface area contributed by atoms with E-state index in [9.17, 15) is 0 Å². The van der Waals surface area contributed by atoms with Crippen LogP contribution in [-0.4, -0.2) is 37.9 Å². The summed E-state index contributed by atoms with van der Waals surface area (Å²) in [5.41, 5.74) is 1.96. The van der Waals surface area contributed by atoms with E-state index in [1.165, 1.54) is 6.42 Å². The van der Waals surface area contributed by atoms with Crippen molar-refractivity contribution in [3.05, 3.63) is 36.0 Å². The number of pyridine rings is 1. The van der Waals surface area contributed by atoms with E-state index >= 15 is 0 Å². The van der Waals surface area contributed by atoms with Crippen molar-refractivity contribution in [2.75, 3.05) is 32.9 Å². The zero-order chi connectivity index (χ0) is 14.5. The minimum absolute atomic E-state index is 0.655. The smallest absolute Gasteiger partial charge is 0.145 e. The van der Waals surface area contributed by atoms with Crippen molar-refractivity contribution >= 4 is 10.9 Å². The van der Waals surface area contributed by atoms with Crippen molar-refractivity contribution < 1.29 is 9.47 Å². The highest BCUT2D eigenvalue weighted by molar-refractivity contribution is 5.84. The van der Waals surface area contributed by atoms with Crippen molar-refractivity contribution in [2.45, 2.75) is 13.3 Å².